The van der Waals surface area contributed by atoms with Gasteiger partial charge >= 0.3 is 0 Å². The number of hydrogen-bond donors (Lipinski definition) is 2. The van der Waals surface area contributed by atoms with Crippen molar-refractivity contribution in [1.29, 1.82) is 0 Å². The minimum Gasteiger partial charge on any atom is -0.370 e. The van der Waals surface area contributed by atoms with E-state index in [2.05, 4.69) is 0 Å². The Balaban J connectivity index is 2.43. The maximum Gasteiger partial charge on any atom is 0.267 e. The molecule has 1 saturated heterocycles. The molecule has 5 nitrogen and oxygen atoms in total. The van der Waals surface area contributed by atoms with Crippen LogP contribution < -0.4 is 11.5 Å². The molecular formula is C9H15F2N3O2. The van der Waals surface area contributed by atoms with Crippen LogP contribution in [0.25, 0.3) is 0 Å². The SMILES string of the molecule is NC(=O)CC[C@H](N)C(=O)N1CCC(F)(F)C1. The molecule has 4 N–H and O–H groups in total. The van der Waals surface area contributed by atoms with Gasteiger partial charge in [-0.05, 0) is 6.42 Å². The van der Waals surface area contributed by atoms with Crippen molar-refractivity contribution in [3.05, 3.63) is 0 Å². The van der Waals surface area contributed by atoms with E-state index >= 15 is 0 Å². The summed E-state index contributed by atoms with van der Waals surface area (Å²) in [6, 6.07) is -0.929. The number of alkyl halides is 2. The van der Waals surface area contributed by atoms with E-state index in [1.807, 2.05) is 0 Å². The molecule has 0 aromatic carbocycles. The van der Waals surface area contributed by atoms with Gasteiger partial charge in [0.25, 0.3) is 5.92 Å². The molecule has 1 aliphatic heterocycles. The first kappa shape index (κ1) is 12.8. The Morgan fingerprint density at radius 3 is 2.50 bits per heavy atom. The maximum absolute atomic E-state index is 12.8. The van der Waals surface area contributed by atoms with E-state index in [9.17, 15) is 18.4 Å². The molecule has 0 bridgehead atoms. The number of carbonyl (C=O) groups is 2. The molecule has 0 aliphatic carbocycles. The van der Waals surface area contributed by atoms with Gasteiger partial charge in [-0.3, -0.25) is 9.59 Å². The van der Waals surface area contributed by atoms with Crippen LogP contribution in [0, 0.1) is 0 Å². The number of primary amides is 1. The number of nitrogens with two attached hydrogens (primary N) is 2. The molecule has 16 heavy (non-hydrogen) atoms. The third kappa shape index (κ3) is 3.41. The Kier molecular flexibility index (Phi) is 3.79. The lowest BCUT2D eigenvalue weighted by atomic mass is 10.1. The number of likely N-dealkylation sites (tertiary alicyclic amines) is 1. The predicted molar refractivity (Wildman–Crippen MR) is 52.5 cm³/mol. The van der Waals surface area contributed by atoms with Gasteiger partial charge in [0.2, 0.25) is 11.8 Å². The smallest absolute Gasteiger partial charge is 0.267 e. The Bertz CT molecular complexity index is 296. The summed E-state index contributed by atoms with van der Waals surface area (Å²) in [6.45, 7) is -0.577. The van der Waals surface area contributed by atoms with Crippen molar-refractivity contribution in [3.8, 4) is 0 Å². The molecule has 1 fully saturated rings. The van der Waals surface area contributed by atoms with Crippen LogP contribution in [-0.4, -0.2) is 41.8 Å². The van der Waals surface area contributed by atoms with Crippen LogP contribution in [0.3, 0.4) is 0 Å². The summed E-state index contributed by atoms with van der Waals surface area (Å²) in [5.74, 6) is -3.92. The highest BCUT2D eigenvalue weighted by Gasteiger charge is 2.41. The topological polar surface area (TPSA) is 89.4 Å². The average Bonchev–Trinajstić information content (AvgIpc) is 2.54. The fraction of sp³-hybridized carbons (Fsp3) is 0.778. The van der Waals surface area contributed by atoms with E-state index in [4.69, 9.17) is 11.5 Å². The highest BCUT2D eigenvalue weighted by Crippen LogP contribution is 2.27. The molecule has 1 aliphatic rings. The van der Waals surface area contributed by atoms with Crippen molar-refractivity contribution in [1.82, 2.24) is 4.90 Å². The number of hydrogen-bond acceptors (Lipinski definition) is 3. The normalized spacial score (nSPS) is 20.8. The van der Waals surface area contributed by atoms with Crippen LogP contribution >= 0.6 is 0 Å². The highest BCUT2D eigenvalue weighted by atomic mass is 19.3. The zero-order chi connectivity index (χ0) is 12.3. The molecule has 0 spiro atoms. The first-order valence-electron chi connectivity index (χ1n) is 5.02. The van der Waals surface area contributed by atoms with Crippen LogP contribution in [0.1, 0.15) is 19.3 Å². The predicted octanol–water partition coefficient (Wildman–Crippen LogP) is -0.553. The van der Waals surface area contributed by atoms with Crippen molar-refractivity contribution >= 4 is 11.8 Å². The Morgan fingerprint density at radius 1 is 1.44 bits per heavy atom. The number of nitrogens with zero attached hydrogens (tertiary/aromatic N) is 1. The van der Waals surface area contributed by atoms with E-state index in [1.54, 1.807) is 0 Å². The monoisotopic (exact) mass is 235 g/mol. The molecule has 92 valence electrons. The molecule has 0 saturated carbocycles. The minimum atomic E-state index is -2.82. The molecule has 0 aromatic rings. The summed E-state index contributed by atoms with van der Waals surface area (Å²) in [5, 5.41) is 0. The first-order chi connectivity index (χ1) is 7.32. The van der Waals surface area contributed by atoms with Crippen molar-refractivity contribution in [3.63, 3.8) is 0 Å². The molecule has 1 atom stereocenters. The van der Waals surface area contributed by atoms with Gasteiger partial charge in [-0.25, -0.2) is 8.78 Å². The summed E-state index contributed by atoms with van der Waals surface area (Å²) < 4.78 is 25.6. The van der Waals surface area contributed by atoms with Gasteiger partial charge in [-0.2, -0.15) is 0 Å². The Morgan fingerprint density at radius 2 is 2.06 bits per heavy atom. The van der Waals surface area contributed by atoms with Crippen LogP contribution in [0.4, 0.5) is 8.78 Å². The standard InChI is InChI=1S/C9H15F2N3O2/c10-9(11)3-4-14(5-9)8(16)6(12)1-2-7(13)15/h6H,1-5,12H2,(H2,13,15)/t6-/m0/s1. The highest BCUT2D eigenvalue weighted by molar-refractivity contribution is 5.83. The molecule has 1 rings (SSSR count). The van der Waals surface area contributed by atoms with Crippen molar-refractivity contribution < 1.29 is 18.4 Å². The van der Waals surface area contributed by atoms with E-state index in [-0.39, 0.29) is 25.8 Å². The third-order valence-electron chi connectivity index (χ3n) is 2.50. The summed E-state index contributed by atoms with van der Waals surface area (Å²) >= 11 is 0. The van der Waals surface area contributed by atoms with E-state index < -0.39 is 30.3 Å². The summed E-state index contributed by atoms with van der Waals surface area (Å²) in [7, 11) is 0. The molecule has 1 heterocycles. The quantitative estimate of drug-likeness (QED) is 0.685. The van der Waals surface area contributed by atoms with Crippen LogP contribution in [0.5, 0.6) is 0 Å². The lowest BCUT2D eigenvalue weighted by molar-refractivity contribution is -0.133. The van der Waals surface area contributed by atoms with Gasteiger partial charge < -0.3 is 16.4 Å². The van der Waals surface area contributed by atoms with Gasteiger partial charge in [0.15, 0.2) is 0 Å². The van der Waals surface area contributed by atoms with E-state index in [1.165, 1.54) is 0 Å². The molecule has 2 amide bonds. The van der Waals surface area contributed by atoms with Gasteiger partial charge in [0.05, 0.1) is 12.6 Å². The second kappa shape index (κ2) is 4.73. The zero-order valence-corrected chi connectivity index (χ0v) is 8.79. The maximum atomic E-state index is 12.8. The number of amides is 2. The van der Waals surface area contributed by atoms with Crippen LogP contribution in [0.15, 0.2) is 0 Å². The second-order valence-corrected chi connectivity index (χ2v) is 3.98. The lowest BCUT2D eigenvalue weighted by Crippen LogP contribution is -2.43. The fourth-order valence-corrected chi connectivity index (χ4v) is 1.58. The number of rotatable bonds is 4. The van der Waals surface area contributed by atoms with Crippen molar-refractivity contribution in [2.75, 3.05) is 13.1 Å². The first-order valence-corrected chi connectivity index (χ1v) is 5.02. The van der Waals surface area contributed by atoms with E-state index in [0.717, 1.165) is 4.90 Å². The van der Waals surface area contributed by atoms with Gasteiger partial charge in [-0.1, -0.05) is 0 Å². The molecular weight excluding hydrogens is 220 g/mol. The van der Waals surface area contributed by atoms with Crippen LogP contribution in [-0.2, 0) is 9.59 Å². The minimum absolute atomic E-state index is 0.0100. The number of halogens is 2. The van der Waals surface area contributed by atoms with Gasteiger partial charge in [0, 0.05) is 19.4 Å². The molecule has 0 unspecified atom stereocenters. The summed E-state index contributed by atoms with van der Waals surface area (Å²) in [5.41, 5.74) is 10.4. The lowest BCUT2D eigenvalue weighted by Gasteiger charge is -2.20. The Labute approximate surface area is 91.7 Å². The molecule has 7 heteroatoms. The number of carbonyl (C=O) groups excluding carboxylic acids is 2. The second-order valence-electron chi connectivity index (χ2n) is 3.98. The largest absolute Gasteiger partial charge is 0.370 e. The Hall–Kier alpha value is -1.24. The molecule has 0 radical (unpaired) electrons. The van der Waals surface area contributed by atoms with Gasteiger partial charge in [0.1, 0.15) is 0 Å². The zero-order valence-electron chi connectivity index (χ0n) is 8.79. The fourth-order valence-electron chi connectivity index (χ4n) is 1.58. The van der Waals surface area contributed by atoms with Crippen LogP contribution in [0.2, 0.25) is 0 Å². The molecule has 0 aromatic heterocycles. The third-order valence-corrected chi connectivity index (χ3v) is 2.50. The summed E-state index contributed by atoms with van der Waals surface area (Å²) in [4.78, 5) is 23.1. The van der Waals surface area contributed by atoms with Gasteiger partial charge in [-0.15, -0.1) is 0 Å². The van der Waals surface area contributed by atoms with Crippen molar-refractivity contribution in [2.24, 2.45) is 11.5 Å². The van der Waals surface area contributed by atoms with E-state index in [0.29, 0.717) is 0 Å². The average molecular weight is 235 g/mol. The van der Waals surface area contributed by atoms with Crippen molar-refractivity contribution in [2.45, 2.75) is 31.2 Å². The summed E-state index contributed by atoms with van der Waals surface area (Å²) in [6.07, 6.45) is -0.255.